The van der Waals surface area contributed by atoms with Gasteiger partial charge in [-0.15, -0.1) is 0 Å². The molecule has 2 fully saturated rings. The lowest BCUT2D eigenvalue weighted by Gasteiger charge is -2.35. The number of rotatable bonds is 3. The van der Waals surface area contributed by atoms with Crippen LogP contribution >= 0.6 is 0 Å². The van der Waals surface area contributed by atoms with E-state index in [-0.39, 0.29) is 12.6 Å². The van der Waals surface area contributed by atoms with E-state index in [4.69, 9.17) is 4.74 Å². The number of hydrogen-bond acceptors (Lipinski definition) is 5. The average Bonchev–Trinajstić information content (AvgIpc) is 2.40. The van der Waals surface area contributed by atoms with Crippen LogP contribution in [0.4, 0.5) is 0 Å². The van der Waals surface area contributed by atoms with Crippen LogP contribution in [0.2, 0.25) is 0 Å². The molecular weight excluding hydrogens is 258 g/mol. The minimum atomic E-state index is -3.44. The van der Waals surface area contributed by atoms with Crippen LogP contribution in [0.5, 0.6) is 0 Å². The fourth-order valence-electron chi connectivity index (χ4n) is 2.25. The van der Waals surface area contributed by atoms with Gasteiger partial charge in [0.2, 0.25) is 6.08 Å². The van der Waals surface area contributed by atoms with Crippen molar-refractivity contribution in [2.75, 3.05) is 39.4 Å². The lowest BCUT2D eigenvalue weighted by atomic mass is 10.1. The van der Waals surface area contributed by atoms with Gasteiger partial charge in [0.05, 0.1) is 19.3 Å². The molecule has 0 spiro atoms. The number of ether oxygens (including phenoxy) is 1. The van der Waals surface area contributed by atoms with E-state index >= 15 is 0 Å². The summed E-state index contributed by atoms with van der Waals surface area (Å²) in [4.78, 5) is 13.9. The first-order valence-electron chi connectivity index (χ1n) is 6.04. The van der Waals surface area contributed by atoms with Gasteiger partial charge in [0.1, 0.15) is 0 Å². The second kappa shape index (κ2) is 5.90. The number of nitrogens with zero attached hydrogens (tertiary/aromatic N) is 3. The van der Waals surface area contributed by atoms with Crippen LogP contribution < -0.4 is 0 Å². The largest absolute Gasteiger partial charge is 0.379 e. The van der Waals surface area contributed by atoms with Gasteiger partial charge in [-0.1, -0.05) is 0 Å². The molecule has 2 rings (SSSR count). The predicted molar refractivity (Wildman–Crippen MR) is 64.0 cm³/mol. The third-order valence-electron chi connectivity index (χ3n) is 3.22. The Balaban J connectivity index is 2.06. The minimum Gasteiger partial charge on any atom is -0.379 e. The Morgan fingerprint density at radius 1 is 1.17 bits per heavy atom. The lowest BCUT2D eigenvalue weighted by molar-refractivity contribution is 0.0696. The molecule has 1 atom stereocenters. The van der Waals surface area contributed by atoms with Crippen molar-refractivity contribution in [2.45, 2.75) is 18.9 Å². The average molecular weight is 275 g/mol. The standard InChI is InChI=1S/C10H17N3O4S/c14-9-11-10-2-1-3-13(8-10)18(15,16)12-4-6-17-7-5-12/h10H,1-8H2. The molecule has 102 valence electrons. The van der Waals surface area contributed by atoms with Crippen molar-refractivity contribution in [1.29, 1.82) is 0 Å². The molecular formula is C10H17N3O4S. The van der Waals surface area contributed by atoms with Gasteiger partial charge < -0.3 is 4.74 Å². The summed E-state index contributed by atoms with van der Waals surface area (Å²) in [6.07, 6.45) is 2.97. The van der Waals surface area contributed by atoms with Crippen LogP contribution in [-0.2, 0) is 19.7 Å². The first-order chi connectivity index (χ1) is 8.64. The third-order valence-corrected chi connectivity index (χ3v) is 5.22. The number of carbonyl (C=O) groups excluding carboxylic acids is 1. The molecule has 0 bridgehead atoms. The van der Waals surface area contributed by atoms with Crippen molar-refractivity contribution < 1.29 is 17.9 Å². The fraction of sp³-hybridized carbons (Fsp3) is 0.900. The molecule has 2 heterocycles. The molecule has 8 heteroatoms. The summed E-state index contributed by atoms with van der Waals surface area (Å²) in [5, 5.41) is 0. The maximum Gasteiger partial charge on any atom is 0.282 e. The Bertz CT molecular complexity index is 426. The monoisotopic (exact) mass is 275 g/mol. The highest BCUT2D eigenvalue weighted by atomic mass is 32.2. The molecule has 0 N–H and O–H groups in total. The number of aliphatic imine (C=N–C) groups is 1. The summed E-state index contributed by atoms with van der Waals surface area (Å²) in [6.45, 7) is 2.41. The van der Waals surface area contributed by atoms with E-state index in [1.54, 1.807) is 0 Å². The first-order valence-corrected chi connectivity index (χ1v) is 7.44. The van der Waals surface area contributed by atoms with Crippen molar-refractivity contribution in [3.05, 3.63) is 0 Å². The number of hydrogen-bond donors (Lipinski definition) is 0. The Morgan fingerprint density at radius 2 is 1.89 bits per heavy atom. The Kier molecular flexibility index (Phi) is 4.47. The van der Waals surface area contributed by atoms with E-state index in [9.17, 15) is 13.2 Å². The fourth-order valence-corrected chi connectivity index (χ4v) is 3.91. The molecule has 1 unspecified atom stereocenters. The van der Waals surface area contributed by atoms with Crippen LogP contribution in [0, 0.1) is 0 Å². The molecule has 2 saturated heterocycles. The van der Waals surface area contributed by atoms with Crippen molar-refractivity contribution >= 4 is 16.3 Å². The minimum absolute atomic E-state index is 0.257. The second-order valence-electron chi connectivity index (χ2n) is 4.39. The van der Waals surface area contributed by atoms with Gasteiger partial charge in [-0.25, -0.2) is 9.79 Å². The van der Waals surface area contributed by atoms with Gasteiger partial charge in [-0.2, -0.15) is 17.0 Å². The van der Waals surface area contributed by atoms with Crippen molar-refractivity contribution in [3.8, 4) is 0 Å². The van der Waals surface area contributed by atoms with E-state index in [0.29, 0.717) is 32.8 Å². The van der Waals surface area contributed by atoms with E-state index in [1.807, 2.05) is 0 Å². The molecule has 2 aliphatic heterocycles. The van der Waals surface area contributed by atoms with E-state index in [0.717, 1.165) is 12.8 Å². The van der Waals surface area contributed by atoms with Crippen LogP contribution in [0.25, 0.3) is 0 Å². The van der Waals surface area contributed by atoms with Gasteiger partial charge in [0, 0.05) is 26.2 Å². The number of isocyanates is 1. The molecule has 2 aliphatic rings. The van der Waals surface area contributed by atoms with Gasteiger partial charge >= 0.3 is 0 Å². The topological polar surface area (TPSA) is 79.3 Å². The zero-order valence-corrected chi connectivity index (χ0v) is 10.9. The molecule has 0 aromatic rings. The predicted octanol–water partition coefficient (Wildman–Crippen LogP) is -0.636. The van der Waals surface area contributed by atoms with Crippen LogP contribution in [0.1, 0.15) is 12.8 Å². The van der Waals surface area contributed by atoms with Crippen molar-refractivity contribution in [2.24, 2.45) is 4.99 Å². The third kappa shape index (κ3) is 2.96. The molecule has 0 aliphatic carbocycles. The van der Waals surface area contributed by atoms with Crippen molar-refractivity contribution in [3.63, 3.8) is 0 Å². The SMILES string of the molecule is O=C=NC1CCCN(S(=O)(=O)N2CCOCC2)C1. The number of piperidine rings is 1. The summed E-state index contributed by atoms with van der Waals surface area (Å²) >= 11 is 0. The molecule has 7 nitrogen and oxygen atoms in total. The highest BCUT2D eigenvalue weighted by Crippen LogP contribution is 2.19. The van der Waals surface area contributed by atoms with Crippen LogP contribution in [0.3, 0.4) is 0 Å². The smallest absolute Gasteiger partial charge is 0.282 e. The second-order valence-corrected chi connectivity index (χ2v) is 6.32. The maximum atomic E-state index is 12.3. The summed E-state index contributed by atoms with van der Waals surface area (Å²) in [5.74, 6) is 0. The molecule has 0 aromatic heterocycles. The van der Waals surface area contributed by atoms with Crippen LogP contribution in [0.15, 0.2) is 4.99 Å². The van der Waals surface area contributed by atoms with E-state index in [2.05, 4.69) is 4.99 Å². The summed E-state index contributed by atoms with van der Waals surface area (Å²) < 4.78 is 32.7. The van der Waals surface area contributed by atoms with Gasteiger partial charge in [0.15, 0.2) is 0 Å². The van der Waals surface area contributed by atoms with Gasteiger partial charge in [-0.3, -0.25) is 0 Å². The molecule has 0 amide bonds. The first kappa shape index (κ1) is 13.6. The zero-order valence-electron chi connectivity index (χ0n) is 10.1. The summed E-state index contributed by atoms with van der Waals surface area (Å²) in [6, 6.07) is -0.257. The Hall–Kier alpha value is -0.790. The Labute approximate surface area is 107 Å². The van der Waals surface area contributed by atoms with Crippen LogP contribution in [-0.4, -0.2) is 68.5 Å². The molecule has 0 aromatic carbocycles. The van der Waals surface area contributed by atoms with E-state index in [1.165, 1.54) is 14.7 Å². The zero-order chi connectivity index (χ0) is 13.0. The lowest BCUT2D eigenvalue weighted by Crippen LogP contribution is -2.51. The summed E-state index contributed by atoms with van der Waals surface area (Å²) in [7, 11) is -3.44. The molecule has 18 heavy (non-hydrogen) atoms. The molecule has 0 radical (unpaired) electrons. The quantitative estimate of drug-likeness (QED) is 0.507. The highest BCUT2D eigenvalue weighted by molar-refractivity contribution is 7.86. The number of morpholine rings is 1. The molecule has 0 saturated carbocycles. The maximum absolute atomic E-state index is 12.3. The summed E-state index contributed by atoms with van der Waals surface area (Å²) in [5.41, 5.74) is 0. The Morgan fingerprint density at radius 3 is 2.56 bits per heavy atom. The van der Waals surface area contributed by atoms with Gasteiger partial charge in [0.25, 0.3) is 10.2 Å². The highest BCUT2D eigenvalue weighted by Gasteiger charge is 2.34. The normalized spacial score (nSPS) is 27.7. The van der Waals surface area contributed by atoms with Gasteiger partial charge in [-0.05, 0) is 12.8 Å². The van der Waals surface area contributed by atoms with Crippen molar-refractivity contribution in [1.82, 2.24) is 8.61 Å². The van der Waals surface area contributed by atoms with E-state index < -0.39 is 10.2 Å².